The van der Waals surface area contributed by atoms with E-state index in [-0.39, 0.29) is 5.91 Å². The van der Waals surface area contributed by atoms with E-state index in [1.165, 1.54) is 5.56 Å². The minimum Gasteiger partial charge on any atom is -0.341 e. The van der Waals surface area contributed by atoms with Crippen molar-refractivity contribution in [2.45, 2.75) is 32.9 Å². The fraction of sp³-hybridized carbons (Fsp3) is 0.316. The largest absolute Gasteiger partial charge is 0.341 e. The number of hydrogen-bond donors (Lipinski definition) is 0. The molecule has 0 aliphatic rings. The Morgan fingerprint density at radius 3 is 2.88 bits per heavy atom. The number of carbonyl (C=O) groups is 1. The Kier molecular flexibility index (Phi) is 5.28. The molecule has 0 N–H and O–H groups in total. The van der Waals surface area contributed by atoms with E-state index in [2.05, 4.69) is 23.1 Å². The van der Waals surface area contributed by atoms with Crippen LogP contribution < -0.4 is 0 Å². The Morgan fingerprint density at radius 1 is 1.28 bits per heavy atom. The van der Waals surface area contributed by atoms with Gasteiger partial charge in [0.25, 0.3) is 0 Å². The summed E-state index contributed by atoms with van der Waals surface area (Å²) < 4.78 is 3.85. The first-order valence-electron chi connectivity index (χ1n) is 8.43. The maximum absolute atomic E-state index is 12.3. The summed E-state index contributed by atoms with van der Waals surface area (Å²) in [4.78, 5) is 18.0. The van der Waals surface area contributed by atoms with Crippen LogP contribution >= 0.6 is 0 Å². The summed E-state index contributed by atoms with van der Waals surface area (Å²) in [5.41, 5.74) is 3.25. The highest BCUT2D eigenvalue weighted by Crippen LogP contribution is 2.14. The first-order valence-corrected chi connectivity index (χ1v) is 8.43. The molecule has 1 amide bonds. The highest BCUT2D eigenvalue weighted by atomic mass is 16.2. The Morgan fingerprint density at radius 2 is 2.12 bits per heavy atom. The molecule has 2 heterocycles. The molecule has 0 fully saturated rings. The van der Waals surface area contributed by atoms with E-state index in [9.17, 15) is 4.79 Å². The van der Waals surface area contributed by atoms with Gasteiger partial charge in [-0.15, -0.1) is 0 Å². The normalized spacial score (nSPS) is 10.8. The number of hydrogen-bond acceptors (Lipinski definition) is 3. The quantitative estimate of drug-likeness (QED) is 0.666. The van der Waals surface area contributed by atoms with Gasteiger partial charge in [0.15, 0.2) is 0 Å². The van der Waals surface area contributed by atoms with Gasteiger partial charge >= 0.3 is 0 Å². The summed E-state index contributed by atoms with van der Waals surface area (Å²) in [5.74, 6) is 0.142. The highest BCUT2D eigenvalue weighted by molar-refractivity contribution is 5.75. The van der Waals surface area contributed by atoms with E-state index in [1.807, 2.05) is 53.1 Å². The van der Waals surface area contributed by atoms with Crippen molar-refractivity contribution in [3.8, 4) is 5.69 Å². The van der Waals surface area contributed by atoms with Crippen LogP contribution in [0.5, 0.6) is 0 Å². The van der Waals surface area contributed by atoms with Gasteiger partial charge < -0.3 is 9.47 Å². The lowest BCUT2D eigenvalue weighted by molar-refractivity contribution is -0.130. The third-order valence-corrected chi connectivity index (χ3v) is 4.21. The van der Waals surface area contributed by atoms with Gasteiger partial charge in [-0.25, -0.2) is 9.67 Å². The fourth-order valence-corrected chi connectivity index (χ4v) is 2.78. The number of aryl methyl sites for hydroxylation is 2. The summed E-state index contributed by atoms with van der Waals surface area (Å²) in [7, 11) is 1.84. The molecule has 0 aliphatic carbocycles. The summed E-state index contributed by atoms with van der Waals surface area (Å²) >= 11 is 0. The molecule has 6 nitrogen and oxygen atoms in total. The zero-order chi connectivity index (χ0) is 17.6. The minimum atomic E-state index is 0.142. The lowest BCUT2D eigenvalue weighted by Crippen LogP contribution is -2.26. The number of benzene rings is 1. The van der Waals surface area contributed by atoms with Crippen LogP contribution in [0.4, 0.5) is 0 Å². The Labute approximate surface area is 147 Å². The van der Waals surface area contributed by atoms with Gasteiger partial charge in [0.05, 0.1) is 18.2 Å². The Hall–Kier alpha value is -2.89. The Bertz CT molecular complexity index is 822. The molecule has 1 aromatic carbocycles. The molecule has 130 valence electrons. The number of amides is 1. The maximum atomic E-state index is 12.3. The lowest BCUT2D eigenvalue weighted by atomic mass is 10.2. The predicted octanol–water partition coefficient (Wildman–Crippen LogP) is 2.82. The monoisotopic (exact) mass is 337 g/mol. The van der Waals surface area contributed by atoms with Gasteiger partial charge in [0.1, 0.15) is 0 Å². The first-order chi connectivity index (χ1) is 12.1. The number of carbonyl (C=O) groups excluding carboxylic acids is 1. The second kappa shape index (κ2) is 7.79. The smallest absolute Gasteiger partial charge is 0.222 e. The number of para-hydroxylation sites is 1. The number of imidazole rings is 1. The van der Waals surface area contributed by atoms with Crippen molar-refractivity contribution < 1.29 is 4.79 Å². The van der Waals surface area contributed by atoms with Crippen molar-refractivity contribution in [1.82, 2.24) is 24.2 Å². The average molecular weight is 337 g/mol. The molecule has 2 aromatic heterocycles. The van der Waals surface area contributed by atoms with Crippen LogP contribution in [0.25, 0.3) is 5.69 Å². The molecule has 0 saturated carbocycles. The maximum Gasteiger partial charge on any atom is 0.222 e. The van der Waals surface area contributed by atoms with Crippen LogP contribution in [0.15, 0.2) is 55.4 Å². The van der Waals surface area contributed by atoms with Crippen LogP contribution in [-0.2, 0) is 17.9 Å². The molecule has 3 rings (SSSR count). The van der Waals surface area contributed by atoms with Gasteiger partial charge in [-0.2, -0.15) is 5.10 Å². The zero-order valence-electron chi connectivity index (χ0n) is 14.7. The van der Waals surface area contributed by atoms with Crippen molar-refractivity contribution in [2.75, 3.05) is 7.05 Å². The van der Waals surface area contributed by atoms with Crippen molar-refractivity contribution in [3.63, 3.8) is 0 Å². The fourth-order valence-electron chi connectivity index (χ4n) is 2.78. The van der Waals surface area contributed by atoms with Gasteiger partial charge in [-0.05, 0) is 25.0 Å². The minimum absolute atomic E-state index is 0.142. The first kappa shape index (κ1) is 17.0. The molecule has 6 heteroatoms. The molecular formula is C19H23N5O. The van der Waals surface area contributed by atoms with E-state index in [1.54, 1.807) is 17.4 Å². The van der Waals surface area contributed by atoms with Gasteiger partial charge in [-0.3, -0.25) is 4.79 Å². The molecule has 0 atom stereocenters. The van der Waals surface area contributed by atoms with Crippen molar-refractivity contribution in [2.24, 2.45) is 0 Å². The second-order valence-electron chi connectivity index (χ2n) is 6.23. The predicted molar refractivity (Wildman–Crippen MR) is 96.2 cm³/mol. The van der Waals surface area contributed by atoms with E-state index < -0.39 is 0 Å². The van der Waals surface area contributed by atoms with E-state index in [4.69, 9.17) is 0 Å². The number of nitrogens with zero attached hydrogens (tertiary/aromatic N) is 5. The van der Waals surface area contributed by atoms with Crippen LogP contribution in [0.1, 0.15) is 24.0 Å². The summed E-state index contributed by atoms with van der Waals surface area (Å²) in [6.07, 6.45) is 10.6. The van der Waals surface area contributed by atoms with Crippen molar-refractivity contribution in [3.05, 3.63) is 66.5 Å². The third kappa shape index (κ3) is 4.35. The summed E-state index contributed by atoms with van der Waals surface area (Å²) in [5, 5.41) is 4.42. The molecule has 0 saturated heterocycles. The molecule has 0 bridgehead atoms. The topological polar surface area (TPSA) is 56.0 Å². The van der Waals surface area contributed by atoms with Crippen molar-refractivity contribution >= 4 is 5.91 Å². The van der Waals surface area contributed by atoms with Crippen molar-refractivity contribution in [1.29, 1.82) is 0 Å². The van der Waals surface area contributed by atoms with Crippen LogP contribution in [-0.4, -0.2) is 37.2 Å². The Balaban J connectivity index is 1.53. The second-order valence-corrected chi connectivity index (χ2v) is 6.23. The molecule has 3 aromatic rings. The van der Waals surface area contributed by atoms with E-state index in [0.29, 0.717) is 13.0 Å². The van der Waals surface area contributed by atoms with Crippen LogP contribution in [0.3, 0.4) is 0 Å². The molecule has 0 unspecified atom stereocenters. The zero-order valence-corrected chi connectivity index (χ0v) is 14.7. The van der Waals surface area contributed by atoms with Gasteiger partial charge in [0.2, 0.25) is 5.91 Å². The van der Waals surface area contributed by atoms with Gasteiger partial charge in [-0.1, -0.05) is 18.2 Å². The summed E-state index contributed by atoms with van der Waals surface area (Å²) in [6.45, 7) is 3.44. The molecule has 0 aliphatic heterocycles. The van der Waals surface area contributed by atoms with E-state index >= 15 is 0 Å². The molecule has 0 radical (unpaired) electrons. The lowest BCUT2D eigenvalue weighted by Gasteiger charge is -2.16. The van der Waals surface area contributed by atoms with Gasteiger partial charge in [0, 0.05) is 50.7 Å². The van der Waals surface area contributed by atoms with Crippen LogP contribution in [0.2, 0.25) is 0 Å². The molecule has 0 spiro atoms. The standard InChI is InChI=1S/C19H23N5O/c1-16-6-3-4-7-18(16)24-14-17(12-21-24)13-22(2)19(25)8-5-10-23-11-9-20-15-23/h3-4,6-7,9,11-12,14-15H,5,8,10,13H2,1-2H3. The number of rotatable bonds is 7. The average Bonchev–Trinajstić information content (AvgIpc) is 3.27. The SMILES string of the molecule is Cc1ccccc1-n1cc(CN(C)C(=O)CCCn2ccnc2)cn1. The van der Waals surface area contributed by atoms with E-state index in [0.717, 1.165) is 24.2 Å². The van der Waals surface area contributed by atoms with Crippen LogP contribution in [0, 0.1) is 6.92 Å². The highest BCUT2D eigenvalue weighted by Gasteiger charge is 2.11. The number of aromatic nitrogens is 4. The summed E-state index contributed by atoms with van der Waals surface area (Å²) in [6, 6.07) is 8.11. The third-order valence-electron chi connectivity index (χ3n) is 4.21. The molecular weight excluding hydrogens is 314 g/mol. The molecule has 25 heavy (non-hydrogen) atoms.